The van der Waals surface area contributed by atoms with Crippen molar-refractivity contribution in [1.29, 1.82) is 0 Å². The maximum Gasteiger partial charge on any atom is 0.225 e. The molecule has 2 heterocycles. The summed E-state index contributed by atoms with van der Waals surface area (Å²) in [6.45, 7) is 1.47. The molecule has 0 radical (unpaired) electrons. The van der Waals surface area contributed by atoms with Crippen LogP contribution in [-0.4, -0.2) is 47.3 Å². The first-order chi connectivity index (χ1) is 13.4. The third kappa shape index (κ3) is 5.26. The predicted octanol–water partition coefficient (Wildman–Crippen LogP) is 3.38. The number of anilines is 1. The van der Waals surface area contributed by atoms with Crippen LogP contribution in [0.25, 0.3) is 0 Å². The molecule has 0 aliphatic carbocycles. The minimum Gasteiger partial charge on any atom is -0.311 e. The molecule has 0 unspecified atom stereocenters. The number of hydrogen-bond acceptors (Lipinski definition) is 4. The summed E-state index contributed by atoms with van der Waals surface area (Å²) in [6.07, 6.45) is 3.76. The topological polar surface area (TPSA) is 84.3 Å². The number of benzene rings is 1. The molecular formula is C18H22Cl2N4O3S. The summed E-state index contributed by atoms with van der Waals surface area (Å²) in [5.74, 6) is 0.224. The smallest absolute Gasteiger partial charge is 0.225 e. The van der Waals surface area contributed by atoms with Crippen LogP contribution in [0.15, 0.2) is 30.5 Å². The molecule has 1 aromatic heterocycles. The Morgan fingerprint density at radius 2 is 1.82 bits per heavy atom. The number of carbonyl (C=O) groups is 1. The fraction of sp³-hybridized carbons (Fsp3) is 0.444. The Hall–Kier alpha value is -1.61. The van der Waals surface area contributed by atoms with Crippen molar-refractivity contribution < 1.29 is 13.2 Å². The largest absolute Gasteiger partial charge is 0.311 e. The van der Waals surface area contributed by atoms with Gasteiger partial charge in [0.25, 0.3) is 0 Å². The molecule has 1 aliphatic heterocycles. The highest BCUT2D eigenvalue weighted by Gasteiger charge is 2.25. The average Bonchev–Trinajstić information content (AvgIpc) is 3.31. The lowest BCUT2D eigenvalue weighted by molar-refractivity contribution is -0.116. The van der Waals surface area contributed by atoms with Crippen molar-refractivity contribution in [3.05, 3.63) is 46.1 Å². The highest BCUT2D eigenvalue weighted by Crippen LogP contribution is 2.26. The summed E-state index contributed by atoms with van der Waals surface area (Å²) in [6, 6.07) is 6.91. The van der Waals surface area contributed by atoms with Crippen molar-refractivity contribution in [2.45, 2.75) is 32.2 Å². The first-order valence-electron chi connectivity index (χ1n) is 9.09. The molecule has 1 aliphatic rings. The summed E-state index contributed by atoms with van der Waals surface area (Å²) in [4.78, 5) is 12.2. The molecule has 10 heteroatoms. The third-order valence-electron chi connectivity index (χ3n) is 4.62. The molecule has 0 atom stereocenters. The van der Waals surface area contributed by atoms with Gasteiger partial charge >= 0.3 is 0 Å². The summed E-state index contributed by atoms with van der Waals surface area (Å²) >= 11 is 12.4. The lowest BCUT2D eigenvalue weighted by atomic mass is 10.2. The maximum atomic E-state index is 12.2. The van der Waals surface area contributed by atoms with E-state index in [1.807, 2.05) is 0 Å². The molecule has 28 heavy (non-hydrogen) atoms. The van der Waals surface area contributed by atoms with E-state index in [-0.39, 0.29) is 24.5 Å². The van der Waals surface area contributed by atoms with Crippen molar-refractivity contribution in [3.63, 3.8) is 0 Å². The van der Waals surface area contributed by atoms with Gasteiger partial charge in [-0.3, -0.25) is 4.79 Å². The van der Waals surface area contributed by atoms with Crippen LogP contribution < -0.4 is 5.32 Å². The second-order valence-electron chi connectivity index (χ2n) is 6.65. The van der Waals surface area contributed by atoms with Gasteiger partial charge in [-0.05, 0) is 31.4 Å². The number of aromatic nitrogens is 2. The zero-order valence-electron chi connectivity index (χ0n) is 15.3. The van der Waals surface area contributed by atoms with Gasteiger partial charge in [-0.1, -0.05) is 29.3 Å². The second kappa shape index (κ2) is 9.26. The Labute approximate surface area is 174 Å². The van der Waals surface area contributed by atoms with Crippen molar-refractivity contribution in [3.8, 4) is 0 Å². The number of halogens is 2. The van der Waals surface area contributed by atoms with E-state index in [0.29, 0.717) is 41.1 Å². The van der Waals surface area contributed by atoms with E-state index in [1.54, 1.807) is 35.1 Å². The van der Waals surface area contributed by atoms with Crippen LogP contribution in [0.5, 0.6) is 0 Å². The summed E-state index contributed by atoms with van der Waals surface area (Å²) in [5, 5.41) is 8.01. The zero-order chi connectivity index (χ0) is 20.1. The molecule has 1 aromatic carbocycles. The van der Waals surface area contributed by atoms with Crippen LogP contribution in [-0.2, 0) is 21.4 Å². The van der Waals surface area contributed by atoms with Crippen LogP contribution in [0.3, 0.4) is 0 Å². The van der Waals surface area contributed by atoms with E-state index in [0.717, 1.165) is 12.8 Å². The van der Waals surface area contributed by atoms with Gasteiger partial charge in [0, 0.05) is 41.2 Å². The molecule has 7 nitrogen and oxygen atoms in total. The van der Waals surface area contributed by atoms with Gasteiger partial charge in [0.05, 0.1) is 18.5 Å². The number of hydrogen-bond donors (Lipinski definition) is 1. The van der Waals surface area contributed by atoms with Crippen molar-refractivity contribution in [1.82, 2.24) is 14.1 Å². The van der Waals surface area contributed by atoms with E-state index in [4.69, 9.17) is 23.2 Å². The Kier molecular flexibility index (Phi) is 6.98. The molecule has 1 saturated heterocycles. The number of amides is 1. The first kappa shape index (κ1) is 21.1. The number of carbonyl (C=O) groups excluding carboxylic acids is 1. The van der Waals surface area contributed by atoms with Crippen LogP contribution >= 0.6 is 23.2 Å². The van der Waals surface area contributed by atoms with Gasteiger partial charge < -0.3 is 5.32 Å². The summed E-state index contributed by atoms with van der Waals surface area (Å²) in [7, 11) is -3.27. The van der Waals surface area contributed by atoms with E-state index in [2.05, 4.69) is 10.4 Å². The number of nitrogens with zero attached hydrogens (tertiary/aromatic N) is 3. The predicted molar refractivity (Wildman–Crippen MR) is 110 cm³/mol. The van der Waals surface area contributed by atoms with E-state index in [1.165, 1.54) is 4.31 Å². The van der Waals surface area contributed by atoms with E-state index in [9.17, 15) is 13.2 Å². The van der Waals surface area contributed by atoms with Gasteiger partial charge in [0.15, 0.2) is 0 Å². The molecule has 0 spiro atoms. The van der Waals surface area contributed by atoms with Crippen molar-refractivity contribution in [2.24, 2.45) is 0 Å². The number of rotatable bonds is 8. The summed E-state index contributed by atoms with van der Waals surface area (Å²) < 4.78 is 27.5. The highest BCUT2D eigenvalue weighted by molar-refractivity contribution is 7.89. The molecule has 3 rings (SSSR count). The highest BCUT2D eigenvalue weighted by atomic mass is 35.5. The quantitative estimate of drug-likeness (QED) is 0.675. The molecule has 0 bridgehead atoms. The van der Waals surface area contributed by atoms with Crippen molar-refractivity contribution in [2.75, 3.05) is 24.2 Å². The van der Waals surface area contributed by atoms with E-state index < -0.39 is 10.0 Å². The normalized spacial score (nSPS) is 15.1. The average molecular weight is 445 g/mol. The van der Waals surface area contributed by atoms with Gasteiger partial charge in [-0.25, -0.2) is 17.4 Å². The van der Waals surface area contributed by atoms with Crippen LogP contribution in [0.1, 0.15) is 31.2 Å². The molecule has 0 saturated carbocycles. The Morgan fingerprint density at radius 3 is 2.50 bits per heavy atom. The Balaban J connectivity index is 1.55. The lowest BCUT2D eigenvalue weighted by Crippen LogP contribution is -2.30. The lowest BCUT2D eigenvalue weighted by Gasteiger charge is -2.15. The van der Waals surface area contributed by atoms with Crippen LogP contribution in [0.2, 0.25) is 10.0 Å². The SMILES string of the molecule is O=C(CCCS(=O)(=O)N1CCCC1)Nc1ccnn1Cc1c(Cl)cccc1Cl. The minimum atomic E-state index is -3.27. The fourth-order valence-electron chi connectivity index (χ4n) is 3.11. The Morgan fingerprint density at radius 1 is 1.14 bits per heavy atom. The standard InChI is InChI=1S/C18H22Cl2N4O3S/c19-15-5-3-6-16(20)14(15)13-24-17(8-9-21-24)22-18(25)7-4-12-28(26,27)23-10-1-2-11-23/h3,5-6,8-9H,1-2,4,7,10-13H2,(H,22,25). The monoisotopic (exact) mass is 444 g/mol. The zero-order valence-corrected chi connectivity index (χ0v) is 17.6. The van der Waals surface area contributed by atoms with Crippen LogP contribution in [0, 0.1) is 0 Å². The maximum absolute atomic E-state index is 12.2. The van der Waals surface area contributed by atoms with Gasteiger partial charge in [-0.2, -0.15) is 5.10 Å². The van der Waals surface area contributed by atoms with Crippen molar-refractivity contribution >= 4 is 45.0 Å². The van der Waals surface area contributed by atoms with Gasteiger partial charge in [0.1, 0.15) is 5.82 Å². The molecule has 1 fully saturated rings. The first-order valence-corrected chi connectivity index (χ1v) is 11.5. The Bertz CT molecular complexity index is 920. The number of nitrogens with one attached hydrogen (secondary N) is 1. The fourth-order valence-corrected chi connectivity index (χ4v) is 5.21. The van der Waals surface area contributed by atoms with Crippen LogP contribution in [0.4, 0.5) is 5.82 Å². The molecule has 1 amide bonds. The minimum absolute atomic E-state index is 0.0189. The summed E-state index contributed by atoms with van der Waals surface area (Å²) in [5.41, 5.74) is 0.710. The van der Waals surface area contributed by atoms with Gasteiger partial charge in [0.2, 0.25) is 15.9 Å². The molecule has 152 valence electrons. The van der Waals surface area contributed by atoms with Gasteiger partial charge in [-0.15, -0.1) is 0 Å². The second-order valence-corrected chi connectivity index (χ2v) is 9.55. The molecule has 1 N–H and O–H groups in total. The molecule has 2 aromatic rings. The molecular weight excluding hydrogens is 423 g/mol. The third-order valence-corrected chi connectivity index (χ3v) is 7.28. The van der Waals surface area contributed by atoms with E-state index >= 15 is 0 Å². The number of sulfonamides is 1.